The Morgan fingerprint density at radius 1 is 1.55 bits per heavy atom. The van der Waals surface area contributed by atoms with E-state index in [1.807, 2.05) is 17.8 Å². The monoisotopic (exact) mass is 281 g/mol. The summed E-state index contributed by atoms with van der Waals surface area (Å²) in [6.07, 6.45) is 5.68. The molecule has 2 atom stereocenters. The number of hydrogen-bond donors (Lipinski definition) is 1. The van der Waals surface area contributed by atoms with Gasteiger partial charge in [-0.25, -0.2) is 4.98 Å². The predicted octanol–water partition coefficient (Wildman–Crippen LogP) is 0.208. The first-order chi connectivity index (χ1) is 9.60. The summed E-state index contributed by atoms with van der Waals surface area (Å²) in [5, 5.41) is 9.86. The molecule has 1 aliphatic rings. The molecular weight excluding hydrogens is 258 g/mol. The highest BCUT2D eigenvalue weighted by atomic mass is 16.5. The highest BCUT2D eigenvalue weighted by molar-refractivity contribution is 5.72. The van der Waals surface area contributed by atoms with Crippen LogP contribution in [0.1, 0.15) is 18.5 Å². The molecule has 1 aromatic heterocycles. The van der Waals surface area contributed by atoms with E-state index in [0.29, 0.717) is 19.5 Å². The van der Waals surface area contributed by atoms with Gasteiger partial charge in [0.05, 0.1) is 25.5 Å². The second-order valence-corrected chi connectivity index (χ2v) is 5.47. The van der Waals surface area contributed by atoms with Crippen LogP contribution in [0.15, 0.2) is 12.5 Å². The number of carbonyl (C=O) groups excluding carboxylic acids is 1. The van der Waals surface area contributed by atoms with Gasteiger partial charge in [0.15, 0.2) is 0 Å². The summed E-state index contributed by atoms with van der Waals surface area (Å²) in [5.74, 6) is -0.430. The van der Waals surface area contributed by atoms with Crippen molar-refractivity contribution in [3.05, 3.63) is 18.2 Å². The molecule has 0 aromatic carbocycles. The molecule has 20 heavy (non-hydrogen) atoms. The molecule has 112 valence electrons. The average Bonchev–Trinajstić information content (AvgIpc) is 2.83. The molecule has 0 aliphatic carbocycles. The Hall–Kier alpha value is -1.40. The molecule has 6 nitrogen and oxygen atoms in total. The molecule has 0 bridgehead atoms. The quantitative estimate of drug-likeness (QED) is 0.781. The average molecular weight is 281 g/mol. The van der Waals surface area contributed by atoms with Crippen molar-refractivity contribution in [2.45, 2.75) is 25.4 Å². The van der Waals surface area contributed by atoms with Crippen LogP contribution >= 0.6 is 0 Å². The highest BCUT2D eigenvalue weighted by Crippen LogP contribution is 2.18. The van der Waals surface area contributed by atoms with Gasteiger partial charge in [-0.1, -0.05) is 0 Å². The molecule has 1 saturated heterocycles. The highest BCUT2D eigenvalue weighted by Gasteiger charge is 2.30. The van der Waals surface area contributed by atoms with Crippen molar-refractivity contribution in [2.75, 3.05) is 26.7 Å². The fourth-order valence-electron chi connectivity index (χ4n) is 2.79. The van der Waals surface area contributed by atoms with E-state index in [4.69, 9.17) is 4.74 Å². The lowest BCUT2D eigenvalue weighted by molar-refractivity contribution is -0.149. The molecule has 1 N–H and O–H groups in total. The minimum absolute atomic E-state index is 0.208. The molecule has 0 spiro atoms. The van der Waals surface area contributed by atoms with Crippen LogP contribution in [0.3, 0.4) is 0 Å². The summed E-state index contributed by atoms with van der Waals surface area (Å²) < 4.78 is 6.79. The number of hydrogen-bond acceptors (Lipinski definition) is 5. The van der Waals surface area contributed by atoms with E-state index in [-0.39, 0.29) is 11.9 Å². The topological polar surface area (TPSA) is 67.6 Å². The molecule has 0 radical (unpaired) electrons. The van der Waals surface area contributed by atoms with Crippen molar-refractivity contribution in [1.29, 1.82) is 0 Å². The maximum atomic E-state index is 11.6. The van der Waals surface area contributed by atoms with Crippen LogP contribution in [0.25, 0.3) is 0 Å². The minimum Gasteiger partial charge on any atom is -0.469 e. The summed E-state index contributed by atoms with van der Waals surface area (Å²) in [6, 6.07) is 0. The summed E-state index contributed by atoms with van der Waals surface area (Å²) >= 11 is 0. The molecule has 1 aliphatic heterocycles. The summed E-state index contributed by atoms with van der Waals surface area (Å²) in [6.45, 7) is 2.18. The number of likely N-dealkylation sites (tertiary alicyclic amines) is 1. The van der Waals surface area contributed by atoms with Crippen molar-refractivity contribution >= 4 is 5.97 Å². The van der Waals surface area contributed by atoms with E-state index < -0.39 is 6.10 Å². The number of carbonyl (C=O) groups is 1. The van der Waals surface area contributed by atoms with Gasteiger partial charge in [0.1, 0.15) is 0 Å². The number of rotatable bonds is 5. The Balaban J connectivity index is 1.80. The lowest BCUT2D eigenvalue weighted by Crippen LogP contribution is -2.46. The van der Waals surface area contributed by atoms with E-state index in [2.05, 4.69) is 9.88 Å². The van der Waals surface area contributed by atoms with Gasteiger partial charge < -0.3 is 14.4 Å². The zero-order chi connectivity index (χ0) is 14.5. The zero-order valence-electron chi connectivity index (χ0n) is 12.2. The number of nitrogens with zero attached hydrogens (tertiary/aromatic N) is 3. The second kappa shape index (κ2) is 6.85. The lowest BCUT2D eigenvalue weighted by atomic mass is 9.96. The summed E-state index contributed by atoms with van der Waals surface area (Å²) in [7, 11) is 3.39. The lowest BCUT2D eigenvalue weighted by Gasteiger charge is -2.34. The van der Waals surface area contributed by atoms with Crippen LogP contribution in [0, 0.1) is 5.92 Å². The van der Waals surface area contributed by atoms with Crippen LogP contribution in [0.2, 0.25) is 0 Å². The molecule has 0 amide bonds. The van der Waals surface area contributed by atoms with Crippen molar-refractivity contribution < 1.29 is 14.6 Å². The fraction of sp³-hybridized carbons (Fsp3) is 0.714. The first-order valence-corrected chi connectivity index (χ1v) is 7.03. The zero-order valence-corrected chi connectivity index (χ0v) is 12.2. The number of β-amino-alcohol motifs (C(OH)–C–C–N with tert-alkyl or cyclic N) is 1. The van der Waals surface area contributed by atoms with Crippen molar-refractivity contribution in [1.82, 2.24) is 14.5 Å². The first kappa shape index (κ1) is 15.0. The van der Waals surface area contributed by atoms with Crippen LogP contribution in [0.4, 0.5) is 0 Å². The molecule has 1 fully saturated rings. The number of ether oxygens (including phenoxy) is 1. The number of esters is 1. The summed E-state index contributed by atoms with van der Waals surface area (Å²) in [4.78, 5) is 17.8. The van der Waals surface area contributed by atoms with Crippen LogP contribution in [-0.4, -0.2) is 58.4 Å². The van der Waals surface area contributed by atoms with Gasteiger partial charge in [-0.15, -0.1) is 0 Å². The van der Waals surface area contributed by atoms with Crippen molar-refractivity contribution in [3.63, 3.8) is 0 Å². The number of aliphatic hydroxyl groups excluding tert-OH is 1. The third-order valence-electron chi connectivity index (χ3n) is 3.86. The third-order valence-corrected chi connectivity index (χ3v) is 3.86. The number of aryl methyl sites for hydroxylation is 2. The predicted molar refractivity (Wildman–Crippen MR) is 74.1 cm³/mol. The van der Waals surface area contributed by atoms with Crippen LogP contribution in [-0.2, 0) is 23.0 Å². The van der Waals surface area contributed by atoms with Gasteiger partial charge in [0.2, 0.25) is 0 Å². The van der Waals surface area contributed by atoms with Gasteiger partial charge >= 0.3 is 5.97 Å². The molecule has 2 rings (SSSR count). The molecule has 2 unspecified atom stereocenters. The number of piperidine rings is 1. The minimum atomic E-state index is -0.440. The Bertz CT molecular complexity index is 447. The van der Waals surface area contributed by atoms with E-state index in [0.717, 1.165) is 19.4 Å². The molecular formula is C14H23N3O3. The van der Waals surface area contributed by atoms with Gasteiger partial charge in [0.25, 0.3) is 0 Å². The molecule has 0 saturated carbocycles. The second-order valence-electron chi connectivity index (χ2n) is 5.47. The maximum absolute atomic E-state index is 11.6. The van der Waals surface area contributed by atoms with Gasteiger partial charge in [-0.05, 0) is 25.8 Å². The van der Waals surface area contributed by atoms with Gasteiger partial charge in [-0.2, -0.15) is 0 Å². The summed E-state index contributed by atoms with van der Waals surface area (Å²) in [5.41, 5.74) is 1.20. The van der Waals surface area contributed by atoms with E-state index in [1.165, 1.54) is 12.8 Å². The smallest absolute Gasteiger partial charge is 0.310 e. The normalized spacial score (nSPS) is 23.8. The van der Waals surface area contributed by atoms with E-state index in [1.54, 1.807) is 6.33 Å². The molecule has 1 aromatic rings. The number of aromatic nitrogens is 2. The first-order valence-electron chi connectivity index (χ1n) is 7.03. The van der Waals surface area contributed by atoms with Crippen molar-refractivity contribution in [2.24, 2.45) is 13.0 Å². The van der Waals surface area contributed by atoms with Crippen LogP contribution < -0.4 is 0 Å². The standard InChI is InChI=1S/C14H23N3O3/c1-16-10-15-7-12(16)4-3-5-17-8-11(14(19)20-2)6-13(18)9-17/h7,10-11,13,18H,3-6,8-9H2,1-2H3. The number of methoxy groups -OCH3 is 1. The molecule has 6 heteroatoms. The Kier molecular flexibility index (Phi) is 5.14. The largest absolute Gasteiger partial charge is 0.469 e. The Labute approximate surface area is 119 Å². The van der Waals surface area contributed by atoms with E-state index in [9.17, 15) is 9.90 Å². The third kappa shape index (κ3) is 3.80. The number of imidazole rings is 1. The van der Waals surface area contributed by atoms with Crippen LogP contribution in [0.5, 0.6) is 0 Å². The Morgan fingerprint density at radius 2 is 2.35 bits per heavy atom. The molecule has 2 heterocycles. The van der Waals surface area contributed by atoms with E-state index >= 15 is 0 Å². The fourth-order valence-corrected chi connectivity index (χ4v) is 2.79. The van der Waals surface area contributed by atoms with Gasteiger partial charge in [0, 0.05) is 32.0 Å². The number of aliphatic hydroxyl groups is 1. The SMILES string of the molecule is COC(=O)C1CC(O)CN(CCCc2cncn2C)C1. The van der Waals surface area contributed by atoms with Gasteiger partial charge in [-0.3, -0.25) is 9.69 Å². The Morgan fingerprint density at radius 3 is 3.00 bits per heavy atom. The maximum Gasteiger partial charge on any atom is 0.310 e. The van der Waals surface area contributed by atoms with Crippen molar-refractivity contribution in [3.8, 4) is 0 Å².